The van der Waals surface area contributed by atoms with Crippen molar-refractivity contribution in [1.82, 2.24) is 15.5 Å². The number of nitrogens with one attached hydrogen (secondary N) is 1. The van der Waals surface area contributed by atoms with Gasteiger partial charge < -0.3 is 10.1 Å². The van der Waals surface area contributed by atoms with Crippen molar-refractivity contribution in [3.8, 4) is 11.3 Å². The van der Waals surface area contributed by atoms with Gasteiger partial charge in [-0.3, -0.25) is 4.79 Å². The molecule has 1 N–H and O–H groups in total. The fourth-order valence-electron chi connectivity index (χ4n) is 2.50. The number of thioether (sulfide) groups is 1. The van der Waals surface area contributed by atoms with Crippen LogP contribution in [-0.2, 0) is 9.53 Å². The third-order valence-electron chi connectivity index (χ3n) is 3.89. The standard InChI is InChI=1S/C18H21N3O2S/c1-13-4-6-14(7-5-13)16-8-9-18(21-20-16)24-12-17(22)19-11-15-3-2-10-23-15/h4-9,15H,2-3,10-12H2,1H3,(H,19,22)/t15-/m0/s1. The molecule has 1 saturated heterocycles. The zero-order chi connectivity index (χ0) is 16.8. The molecule has 0 bridgehead atoms. The zero-order valence-electron chi connectivity index (χ0n) is 13.7. The molecule has 0 radical (unpaired) electrons. The van der Waals surface area contributed by atoms with Crippen LogP contribution in [0.3, 0.4) is 0 Å². The third kappa shape index (κ3) is 4.79. The molecule has 3 rings (SSSR count). The lowest BCUT2D eigenvalue weighted by atomic mass is 10.1. The number of hydrogen-bond acceptors (Lipinski definition) is 5. The zero-order valence-corrected chi connectivity index (χ0v) is 14.5. The fraction of sp³-hybridized carbons (Fsp3) is 0.389. The maximum Gasteiger partial charge on any atom is 0.230 e. The topological polar surface area (TPSA) is 64.1 Å². The Bertz CT molecular complexity index is 668. The Balaban J connectivity index is 1.47. The van der Waals surface area contributed by atoms with E-state index >= 15 is 0 Å². The van der Waals surface area contributed by atoms with Crippen LogP contribution in [0.1, 0.15) is 18.4 Å². The largest absolute Gasteiger partial charge is 0.376 e. The van der Waals surface area contributed by atoms with Crippen LogP contribution in [0, 0.1) is 6.92 Å². The van der Waals surface area contributed by atoms with Crippen LogP contribution in [0.15, 0.2) is 41.4 Å². The van der Waals surface area contributed by atoms with Gasteiger partial charge in [-0.2, -0.15) is 0 Å². The van der Waals surface area contributed by atoms with Gasteiger partial charge in [-0.25, -0.2) is 0 Å². The molecule has 0 spiro atoms. The first kappa shape index (κ1) is 16.9. The lowest BCUT2D eigenvalue weighted by Gasteiger charge is -2.10. The molecular weight excluding hydrogens is 322 g/mol. The molecule has 0 unspecified atom stereocenters. The summed E-state index contributed by atoms with van der Waals surface area (Å²) in [4.78, 5) is 11.9. The summed E-state index contributed by atoms with van der Waals surface area (Å²) in [5, 5.41) is 12.1. The van der Waals surface area contributed by atoms with E-state index in [-0.39, 0.29) is 12.0 Å². The third-order valence-corrected chi connectivity index (χ3v) is 4.81. The molecule has 5 nitrogen and oxygen atoms in total. The van der Waals surface area contributed by atoms with Gasteiger partial charge >= 0.3 is 0 Å². The maximum atomic E-state index is 11.9. The molecular formula is C18H21N3O2S. The van der Waals surface area contributed by atoms with Crippen molar-refractivity contribution >= 4 is 17.7 Å². The second-order valence-corrected chi connectivity index (χ2v) is 6.85. The minimum Gasteiger partial charge on any atom is -0.376 e. The van der Waals surface area contributed by atoms with Crippen LogP contribution in [-0.4, -0.2) is 41.1 Å². The highest BCUT2D eigenvalue weighted by Crippen LogP contribution is 2.20. The Morgan fingerprint density at radius 3 is 2.75 bits per heavy atom. The number of hydrogen-bond donors (Lipinski definition) is 1. The SMILES string of the molecule is Cc1ccc(-c2ccc(SCC(=O)NC[C@@H]3CCCO3)nn2)cc1. The molecule has 24 heavy (non-hydrogen) atoms. The van der Waals surface area contributed by atoms with E-state index in [9.17, 15) is 4.79 Å². The molecule has 1 aliphatic heterocycles. The van der Waals surface area contributed by atoms with Crippen LogP contribution in [0.2, 0.25) is 0 Å². The smallest absolute Gasteiger partial charge is 0.230 e. The normalized spacial score (nSPS) is 17.0. The highest BCUT2D eigenvalue weighted by Gasteiger charge is 2.16. The Morgan fingerprint density at radius 2 is 2.08 bits per heavy atom. The summed E-state index contributed by atoms with van der Waals surface area (Å²) in [6, 6.07) is 12.0. The number of ether oxygens (including phenoxy) is 1. The van der Waals surface area contributed by atoms with Crippen LogP contribution in [0.25, 0.3) is 11.3 Å². The van der Waals surface area contributed by atoms with Crippen LogP contribution >= 0.6 is 11.8 Å². The van der Waals surface area contributed by atoms with Crippen LogP contribution in [0.5, 0.6) is 0 Å². The molecule has 1 amide bonds. The van der Waals surface area contributed by atoms with Gasteiger partial charge in [0.25, 0.3) is 0 Å². The van der Waals surface area contributed by atoms with Gasteiger partial charge in [0.05, 0.1) is 17.6 Å². The van der Waals surface area contributed by atoms with Crippen molar-refractivity contribution in [2.75, 3.05) is 18.9 Å². The van der Waals surface area contributed by atoms with E-state index in [0.29, 0.717) is 12.3 Å². The van der Waals surface area contributed by atoms with E-state index in [0.717, 1.165) is 35.7 Å². The monoisotopic (exact) mass is 343 g/mol. The molecule has 1 atom stereocenters. The van der Waals surface area contributed by atoms with Gasteiger partial charge in [0, 0.05) is 18.7 Å². The second-order valence-electron chi connectivity index (χ2n) is 5.85. The van der Waals surface area contributed by atoms with Crippen molar-refractivity contribution in [3.05, 3.63) is 42.0 Å². The number of rotatable bonds is 6. The van der Waals surface area contributed by atoms with Gasteiger partial charge in [0.1, 0.15) is 5.03 Å². The van der Waals surface area contributed by atoms with E-state index in [1.54, 1.807) is 0 Å². The highest BCUT2D eigenvalue weighted by molar-refractivity contribution is 7.99. The van der Waals surface area contributed by atoms with Crippen molar-refractivity contribution < 1.29 is 9.53 Å². The second kappa shape index (κ2) is 8.26. The van der Waals surface area contributed by atoms with Gasteiger partial charge in [-0.05, 0) is 31.9 Å². The van der Waals surface area contributed by atoms with Crippen LogP contribution < -0.4 is 5.32 Å². The summed E-state index contributed by atoms with van der Waals surface area (Å²) in [5.74, 6) is 0.338. The van der Waals surface area contributed by atoms with Crippen LogP contribution in [0.4, 0.5) is 0 Å². The van der Waals surface area contributed by atoms with E-state index in [1.807, 2.05) is 24.3 Å². The van der Waals surface area contributed by atoms with E-state index in [4.69, 9.17) is 4.74 Å². The quantitative estimate of drug-likeness (QED) is 0.817. The Kier molecular flexibility index (Phi) is 5.82. The van der Waals surface area contributed by atoms with E-state index in [1.165, 1.54) is 17.3 Å². The summed E-state index contributed by atoms with van der Waals surface area (Å²) in [7, 11) is 0. The number of benzene rings is 1. The molecule has 0 aliphatic carbocycles. The minimum absolute atomic E-state index is 0.0000823. The Labute approximate surface area is 146 Å². The molecule has 1 aliphatic rings. The molecule has 2 aromatic rings. The maximum absolute atomic E-state index is 11.9. The highest BCUT2D eigenvalue weighted by atomic mass is 32.2. The van der Waals surface area contributed by atoms with E-state index < -0.39 is 0 Å². The summed E-state index contributed by atoms with van der Waals surface area (Å²) in [6.45, 7) is 3.45. The van der Waals surface area contributed by atoms with Gasteiger partial charge in [-0.15, -0.1) is 10.2 Å². The average molecular weight is 343 g/mol. The molecule has 6 heteroatoms. The molecule has 0 saturated carbocycles. The number of aryl methyl sites for hydroxylation is 1. The van der Waals surface area contributed by atoms with Gasteiger partial charge in [-0.1, -0.05) is 41.6 Å². The number of carbonyl (C=O) groups excluding carboxylic acids is 1. The Hall–Kier alpha value is -1.92. The number of amides is 1. The molecule has 1 aromatic carbocycles. The predicted molar refractivity (Wildman–Crippen MR) is 94.9 cm³/mol. The summed E-state index contributed by atoms with van der Waals surface area (Å²) in [6.07, 6.45) is 2.28. The van der Waals surface area contributed by atoms with Crippen molar-refractivity contribution in [2.24, 2.45) is 0 Å². The lowest BCUT2D eigenvalue weighted by molar-refractivity contribution is -0.119. The molecule has 2 heterocycles. The summed E-state index contributed by atoms with van der Waals surface area (Å²) in [5.41, 5.74) is 3.09. The number of carbonyl (C=O) groups is 1. The molecule has 1 fully saturated rings. The first-order valence-electron chi connectivity index (χ1n) is 8.12. The first-order chi connectivity index (χ1) is 11.7. The molecule has 1 aromatic heterocycles. The minimum atomic E-state index is -0.0000823. The Morgan fingerprint density at radius 1 is 1.25 bits per heavy atom. The van der Waals surface area contributed by atoms with Gasteiger partial charge in [0.15, 0.2) is 0 Å². The molecule has 126 valence electrons. The predicted octanol–water partition coefficient (Wildman–Crippen LogP) is 2.84. The summed E-state index contributed by atoms with van der Waals surface area (Å²) < 4.78 is 5.48. The first-order valence-corrected chi connectivity index (χ1v) is 9.11. The fourth-order valence-corrected chi connectivity index (χ4v) is 3.14. The van der Waals surface area contributed by atoms with Crippen molar-refractivity contribution in [3.63, 3.8) is 0 Å². The summed E-state index contributed by atoms with van der Waals surface area (Å²) >= 11 is 1.39. The lowest BCUT2D eigenvalue weighted by Crippen LogP contribution is -2.32. The van der Waals surface area contributed by atoms with Crippen molar-refractivity contribution in [1.29, 1.82) is 0 Å². The van der Waals surface area contributed by atoms with Gasteiger partial charge in [0.2, 0.25) is 5.91 Å². The average Bonchev–Trinajstić information content (AvgIpc) is 3.13. The number of nitrogens with zero attached hydrogens (tertiary/aromatic N) is 2. The van der Waals surface area contributed by atoms with E-state index in [2.05, 4.69) is 34.6 Å². The number of aromatic nitrogens is 2. The van der Waals surface area contributed by atoms with Crippen molar-refractivity contribution in [2.45, 2.75) is 30.9 Å².